The second-order valence-corrected chi connectivity index (χ2v) is 5.78. The summed E-state index contributed by atoms with van der Waals surface area (Å²) in [7, 11) is 0. The molecule has 0 amide bonds. The van der Waals surface area contributed by atoms with E-state index >= 15 is 0 Å². The van der Waals surface area contributed by atoms with Crippen molar-refractivity contribution in [2.45, 2.75) is 6.54 Å². The Morgan fingerprint density at radius 3 is 2.48 bits per heavy atom. The van der Waals surface area contributed by atoms with Gasteiger partial charge in [-0.25, -0.2) is 8.78 Å². The van der Waals surface area contributed by atoms with E-state index in [4.69, 9.17) is 0 Å². The van der Waals surface area contributed by atoms with Crippen molar-refractivity contribution in [3.05, 3.63) is 77.2 Å². The van der Waals surface area contributed by atoms with Crippen molar-refractivity contribution in [3.63, 3.8) is 0 Å². The zero-order valence-corrected chi connectivity index (χ0v) is 12.0. The van der Waals surface area contributed by atoms with Gasteiger partial charge in [0.1, 0.15) is 11.6 Å². The highest BCUT2D eigenvalue weighted by atomic mass is 32.1. The van der Waals surface area contributed by atoms with Gasteiger partial charge in [-0.2, -0.15) is 0 Å². The molecule has 0 saturated carbocycles. The third-order valence-corrected chi connectivity index (χ3v) is 4.24. The number of hydrogen-bond donors (Lipinski definition) is 1. The molecular formula is C17H13F2NS. The molecule has 0 fully saturated rings. The molecule has 4 heteroatoms. The van der Waals surface area contributed by atoms with E-state index in [9.17, 15) is 8.78 Å². The minimum absolute atomic E-state index is 0.311. The summed E-state index contributed by atoms with van der Waals surface area (Å²) in [5.74, 6) is -1.14. The summed E-state index contributed by atoms with van der Waals surface area (Å²) in [6.07, 6.45) is 0. The summed E-state index contributed by atoms with van der Waals surface area (Å²) < 4.78 is 26.4. The summed E-state index contributed by atoms with van der Waals surface area (Å²) in [4.78, 5) is 2.27. The Morgan fingerprint density at radius 1 is 0.905 bits per heavy atom. The van der Waals surface area contributed by atoms with Crippen LogP contribution in [0.25, 0.3) is 10.4 Å². The van der Waals surface area contributed by atoms with E-state index in [-0.39, 0.29) is 0 Å². The maximum Gasteiger partial charge on any atom is 0.149 e. The smallest absolute Gasteiger partial charge is 0.149 e. The van der Waals surface area contributed by atoms with Crippen LogP contribution in [0.3, 0.4) is 0 Å². The van der Waals surface area contributed by atoms with Crippen LogP contribution in [0.1, 0.15) is 4.88 Å². The van der Waals surface area contributed by atoms with E-state index in [1.165, 1.54) is 22.6 Å². The van der Waals surface area contributed by atoms with Crippen LogP contribution in [-0.2, 0) is 6.54 Å². The number of benzene rings is 2. The Balaban J connectivity index is 1.70. The van der Waals surface area contributed by atoms with Crippen LogP contribution in [0.2, 0.25) is 0 Å². The third kappa shape index (κ3) is 3.28. The first-order valence-electron chi connectivity index (χ1n) is 6.55. The van der Waals surface area contributed by atoms with Gasteiger partial charge in [0.15, 0.2) is 0 Å². The molecular weight excluding hydrogens is 288 g/mol. The minimum Gasteiger partial charge on any atom is -0.378 e. The minimum atomic E-state index is -0.574. The summed E-state index contributed by atoms with van der Waals surface area (Å²) in [5, 5.41) is 2.99. The van der Waals surface area contributed by atoms with Crippen LogP contribution in [-0.4, -0.2) is 0 Å². The molecule has 2 aromatic carbocycles. The van der Waals surface area contributed by atoms with Gasteiger partial charge in [-0.15, -0.1) is 11.3 Å². The molecule has 3 rings (SSSR count). The average molecular weight is 301 g/mol. The zero-order valence-electron chi connectivity index (χ0n) is 11.1. The molecule has 1 heterocycles. The van der Waals surface area contributed by atoms with Gasteiger partial charge in [-0.1, -0.05) is 30.3 Å². The third-order valence-electron chi connectivity index (χ3n) is 3.10. The van der Waals surface area contributed by atoms with Crippen molar-refractivity contribution in [2.24, 2.45) is 0 Å². The van der Waals surface area contributed by atoms with E-state index in [1.54, 1.807) is 11.3 Å². The van der Waals surface area contributed by atoms with E-state index in [0.29, 0.717) is 12.2 Å². The highest BCUT2D eigenvalue weighted by molar-refractivity contribution is 7.15. The number of rotatable bonds is 4. The van der Waals surface area contributed by atoms with Crippen LogP contribution in [0.5, 0.6) is 0 Å². The van der Waals surface area contributed by atoms with Gasteiger partial charge in [0.2, 0.25) is 0 Å². The van der Waals surface area contributed by atoms with E-state index in [1.807, 2.05) is 24.3 Å². The molecule has 0 spiro atoms. The van der Waals surface area contributed by atoms with Crippen molar-refractivity contribution in [1.29, 1.82) is 0 Å². The van der Waals surface area contributed by atoms with Crippen molar-refractivity contribution in [2.75, 3.05) is 5.32 Å². The molecule has 0 bridgehead atoms. The Bertz CT molecular complexity index is 738. The maximum atomic E-state index is 13.5. The fourth-order valence-corrected chi connectivity index (χ4v) is 3.00. The SMILES string of the molecule is Fc1ccc(NCc2ccc(-c3ccccc3)s2)c(F)c1. The molecule has 0 atom stereocenters. The highest BCUT2D eigenvalue weighted by Crippen LogP contribution is 2.28. The molecule has 0 radical (unpaired) electrons. The number of hydrogen-bond acceptors (Lipinski definition) is 2. The fraction of sp³-hybridized carbons (Fsp3) is 0.0588. The predicted octanol–water partition coefficient (Wildman–Crippen LogP) is 5.31. The monoisotopic (exact) mass is 301 g/mol. The second kappa shape index (κ2) is 6.06. The number of anilines is 1. The lowest BCUT2D eigenvalue weighted by Gasteiger charge is -2.06. The van der Waals surface area contributed by atoms with Crippen LogP contribution >= 0.6 is 11.3 Å². The molecule has 106 valence electrons. The topological polar surface area (TPSA) is 12.0 Å². The van der Waals surface area contributed by atoms with Gasteiger partial charge in [-0.05, 0) is 29.8 Å². The van der Waals surface area contributed by atoms with Gasteiger partial charge in [0.25, 0.3) is 0 Å². The fourth-order valence-electron chi connectivity index (χ4n) is 2.05. The summed E-state index contributed by atoms with van der Waals surface area (Å²) in [5.41, 5.74) is 1.48. The summed E-state index contributed by atoms with van der Waals surface area (Å²) in [6.45, 7) is 0.514. The molecule has 0 aliphatic rings. The van der Waals surface area contributed by atoms with Crippen LogP contribution in [0.4, 0.5) is 14.5 Å². The number of nitrogens with one attached hydrogen (secondary N) is 1. The molecule has 21 heavy (non-hydrogen) atoms. The van der Waals surface area contributed by atoms with Crippen LogP contribution in [0.15, 0.2) is 60.7 Å². The lowest BCUT2D eigenvalue weighted by atomic mass is 10.2. The van der Waals surface area contributed by atoms with Crippen molar-refractivity contribution in [1.82, 2.24) is 0 Å². The van der Waals surface area contributed by atoms with E-state index in [2.05, 4.69) is 23.5 Å². The Morgan fingerprint density at radius 2 is 1.71 bits per heavy atom. The summed E-state index contributed by atoms with van der Waals surface area (Å²) in [6, 6.07) is 17.7. The van der Waals surface area contributed by atoms with Gasteiger partial charge in [-0.3, -0.25) is 0 Å². The molecule has 1 N–H and O–H groups in total. The van der Waals surface area contributed by atoms with Crippen molar-refractivity contribution >= 4 is 17.0 Å². The summed E-state index contributed by atoms with van der Waals surface area (Å²) >= 11 is 1.66. The van der Waals surface area contributed by atoms with Gasteiger partial charge in [0, 0.05) is 22.4 Å². The quantitative estimate of drug-likeness (QED) is 0.689. The van der Waals surface area contributed by atoms with Crippen LogP contribution in [0, 0.1) is 11.6 Å². The average Bonchev–Trinajstić information content (AvgIpc) is 2.96. The lowest BCUT2D eigenvalue weighted by molar-refractivity contribution is 0.585. The largest absolute Gasteiger partial charge is 0.378 e. The number of halogens is 2. The van der Waals surface area contributed by atoms with Gasteiger partial charge in [0.05, 0.1) is 5.69 Å². The Hall–Kier alpha value is -2.20. The normalized spacial score (nSPS) is 10.6. The Labute approximate surface area is 125 Å². The molecule has 0 aliphatic heterocycles. The molecule has 0 aliphatic carbocycles. The highest BCUT2D eigenvalue weighted by Gasteiger charge is 2.05. The maximum absolute atomic E-state index is 13.5. The van der Waals surface area contributed by atoms with Crippen LogP contribution < -0.4 is 5.32 Å². The molecule has 1 nitrogen and oxygen atoms in total. The number of thiophene rings is 1. The first kappa shape index (κ1) is 13.8. The Kier molecular flexibility index (Phi) is 3.97. The molecule has 1 aromatic heterocycles. The van der Waals surface area contributed by atoms with E-state index < -0.39 is 11.6 Å². The zero-order chi connectivity index (χ0) is 14.7. The molecule has 3 aromatic rings. The van der Waals surface area contributed by atoms with Crippen molar-refractivity contribution in [3.8, 4) is 10.4 Å². The van der Waals surface area contributed by atoms with E-state index in [0.717, 1.165) is 10.9 Å². The van der Waals surface area contributed by atoms with Crippen molar-refractivity contribution < 1.29 is 8.78 Å². The van der Waals surface area contributed by atoms with Gasteiger partial charge >= 0.3 is 0 Å². The molecule has 0 unspecified atom stereocenters. The first-order valence-corrected chi connectivity index (χ1v) is 7.37. The predicted molar refractivity (Wildman–Crippen MR) is 83.4 cm³/mol. The molecule has 0 saturated heterocycles. The standard InChI is InChI=1S/C17H13F2NS/c18-13-6-8-16(15(19)10-13)20-11-14-7-9-17(21-14)12-4-2-1-3-5-12/h1-10,20H,11H2. The second-order valence-electron chi connectivity index (χ2n) is 4.61. The first-order chi connectivity index (χ1) is 10.2. The van der Waals surface area contributed by atoms with Gasteiger partial charge < -0.3 is 5.32 Å². The lowest BCUT2D eigenvalue weighted by Crippen LogP contribution is -2.00.